The van der Waals surface area contributed by atoms with Crippen molar-refractivity contribution in [1.82, 2.24) is 4.90 Å². The van der Waals surface area contributed by atoms with E-state index in [-0.39, 0.29) is 17.9 Å². The number of hydrogen-bond acceptors (Lipinski definition) is 2. The zero-order chi connectivity index (χ0) is 13.1. The number of carbonyl (C=O) groups is 1. The molecular weight excluding hydrogens is 248 g/mol. The molecule has 98 valence electrons. The first kappa shape index (κ1) is 13.4. The first-order valence-corrected chi connectivity index (χ1v) is 6.71. The highest BCUT2D eigenvalue weighted by Gasteiger charge is 2.32. The second-order valence-corrected chi connectivity index (χ2v) is 5.39. The van der Waals surface area contributed by atoms with E-state index < -0.39 is 0 Å². The Morgan fingerprint density at radius 2 is 2.17 bits per heavy atom. The van der Waals surface area contributed by atoms with Gasteiger partial charge in [-0.3, -0.25) is 4.79 Å². The Bertz CT molecular complexity index is 436. The Morgan fingerprint density at radius 3 is 2.78 bits per heavy atom. The van der Waals surface area contributed by atoms with E-state index in [1.54, 1.807) is 4.90 Å². The van der Waals surface area contributed by atoms with Gasteiger partial charge in [0.2, 0.25) is 5.91 Å². The van der Waals surface area contributed by atoms with Crippen molar-refractivity contribution in [2.75, 3.05) is 7.05 Å². The van der Waals surface area contributed by atoms with Crippen LogP contribution in [0.15, 0.2) is 24.3 Å². The van der Waals surface area contributed by atoms with Crippen LogP contribution in [0.3, 0.4) is 0 Å². The Morgan fingerprint density at radius 1 is 1.44 bits per heavy atom. The number of halogens is 1. The fraction of sp³-hybridized carbons (Fsp3) is 0.500. The van der Waals surface area contributed by atoms with Gasteiger partial charge in [-0.25, -0.2) is 0 Å². The fourth-order valence-electron chi connectivity index (χ4n) is 2.54. The zero-order valence-corrected chi connectivity index (χ0v) is 11.4. The summed E-state index contributed by atoms with van der Waals surface area (Å²) in [6, 6.07) is 7.63. The van der Waals surface area contributed by atoms with Crippen molar-refractivity contribution in [3.05, 3.63) is 34.9 Å². The molecule has 4 heteroatoms. The van der Waals surface area contributed by atoms with E-state index in [0.29, 0.717) is 11.6 Å². The van der Waals surface area contributed by atoms with Gasteiger partial charge in [-0.05, 0) is 24.5 Å². The van der Waals surface area contributed by atoms with Crippen molar-refractivity contribution in [2.45, 2.75) is 31.8 Å². The van der Waals surface area contributed by atoms with Crippen LogP contribution in [0.25, 0.3) is 0 Å². The number of carbonyl (C=O) groups excluding carboxylic acids is 1. The van der Waals surface area contributed by atoms with Crippen molar-refractivity contribution < 1.29 is 4.79 Å². The van der Waals surface area contributed by atoms with E-state index in [1.807, 2.05) is 31.3 Å². The predicted molar refractivity (Wildman–Crippen MR) is 73.2 cm³/mol. The van der Waals surface area contributed by atoms with Gasteiger partial charge in [0.25, 0.3) is 0 Å². The summed E-state index contributed by atoms with van der Waals surface area (Å²) >= 11 is 6.10. The van der Waals surface area contributed by atoms with Gasteiger partial charge < -0.3 is 10.6 Å². The molecule has 0 saturated heterocycles. The van der Waals surface area contributed by atoms with Crippen molar-refractivity contribution in [2.24, 2.45) is 11.7 Å². The molecule has 2 N–H and O–H groups in total. The van der Waals surface area contributed by atoms with Crippen LogP contribution >= 0.6 is 11.6 Å². The average molecular weight is 267 g/mol. The lowest BCUT2D eigenvalue weighted by Gasteiger charge is -2.23. The molecule has 1 aliphatic rings. The van der Waals surface area contributed by atoms with Gasteiger partial charge in [0.15, 0.2) is 0 Å². The van der Waals surface area contributed by atoms with Crippen LogP contribution in [0.5, 0.6) is 0 Å². The molecule has 0 bridgehead atoms. The molecule has 0 aliphatic heterocycles. The molecule has 1 aromatic rings. The molecular formula is C14H19ClN2O. The minimum absolute atomic E-state index is 0.0162. The molecule has 0 radical (unpaired) electrons. The molecule has 1 saturated carbocycles. The lowest BCUT2D eigenvalue weighted by Crippen LogP contribution is -2.39. The number of amides is 1. The quantitative estimate of drug-likeness (QED) is 0.913. The number of benzene rings is 1. The van der Waals surface area contributed by atoms with E-state index in [9.17, 15) is 4.79 Å². The molecule has 18 heavy (non-hydrogen) atoms. The maximum Gasteiger partial charge on any atom is 0.227 e. The van der Waals surface area contributed by atoms with Crippen LogP contribution in [-0.2, 0) is 11.3 Å². The second-order valence-electron chi connectivity index (χ2n) is 4.99. The molecule has 1 aromatic carbocycles. The van der Waals surface area contributed by atoms with Crippen LogP contribution in [0.2, 0.25) is 5.02 Å². The van der Waals surface area contributed by atoms with Crippen LogP contribution in [0, 0.1) is 5.92 Å². The molecule has 0 spiro atoms. The first-order valence-electron chi connectivity index (χ1n) is 6.33. The zero-order valence-electron chi connectivity index (χ0n) is 10.6. The Kier molecular flexibility index (Phi) is 4.25. The highest BCUT2D eigenvalue weighted by atomic mass is 35.5. The topological polar surface area (TPSA) is 46.3 Å². The maximum atomic E-state index is 12.3. The normalized spacial score (nSPS) is 23.1. The van der Waals surface area contributed by atoms with E-state index >= 15 is 0 Å². The van der Waals surface area contributed by atoms with Gasteiger partial charge in [-0.2, -0.15) is 0 Å². The summed E-state index contributed by atoms with van der Waals surface area (Å²) < 4.78 is 0. The lowest BCUT2D eigenvalue weighted by atomic mass is 10.0. The molecule has 1 fully saturated rings. The lowest BCUT2D eigenvalue weighted by molar-refractivity contribution is -0.134. The molecule has 2 atom stereocenters. The summed E-state index contributed by atoms with van der Waals surface area (Å²) in [6.07, 6.45) is 2.92. The summed E-state index contributed by atoms with van der Waals surface area (Å²) in [5.41, 5.74) is 6.94. The SMILES string of the molecule is CN(Cc1ccccc1Cl)C(=O)C1CCCC1N. The molecule has 1 aliphatic carbocycles. The van der Waals surface area contributed by atoms with Gasteiger partial charge in [0.1, 0.15) is 0 Å². The third-order valence-electron chi connectivity index (χ3n) is 3.63. The molecule has 2 rings (SSSR count). The maximum absolute atomic E-state index is 12.3. The molecule has 0 heterocycles. The monoisotopic (exact) mass is 266 g/mol. The van der Waals surface area contributed by atoms with Gasteiger partial charge in [-0.1, -0.05) is 36.2 Å². The Hall–Kier alpha value is -1.06. The van der Waals surface area contributed by atoms with Crippen LogP contribution in [0.1, 0.15) is 24.8 Å². The van der Waals surface area contributed by atoms with E-state index in [0.717, 1.165) is 24.8 Å². The smallest absolute Gasteiger partial charge is 0.227 e. The minimum atomic E-state index is -0.0162. The fourth-order valence-corrected chi connectivity index (χ4v) is 2.73. The Labute approximate surface area is 113 Å². The number of hydrogen-bond donors (Lipinski definition) is 1. The minimum Gasteiger partial charge on any atom is -0.341 e. The predicted octanol–water partition coefficient (Wildman–Crippen LogP) is 2.43. The molecule has 2 unspecified atom stereocenters. The highest BCUT2D eigenvalue weighted by molar-refractivity contribution is 6.31. The molecule has 0 aromatic heterocycles. The molecule has 1 amide bonds. The van der Waals surface area contributed by atoms with Crippen molar-refractivity contribution in [3.63, 3.8) is 0 Å². The Balaban J connectivity index is 2.01. The van der Waals surface area contributed by atoms with Gasteiger partial charge in [0.05, 0.1) is 5.92 Å². The average Bonchev–Trinajstić information content (AvgIpc) is 2.77. The summed E-state index contributed by atoms with van der Waals surface area (Å²) in [5, 5.41) is 0.702. The number of rotatable bonds is 3. The largest absolute Gasteiger partial charge is 0.341 e. The number of nitrogens with zero attached hydrogens (tertiary/aromatic N) is 1. The van der Waals surface area contributed by atoms with Gasteiger partial charge in [-0.15, -0.1) is 0 Å². The van der Waals surface area contributed by atoms with Crippen molar-refractivity contribution in [1.29, 1.82) is 0 Å². The second kappa shape index (κ2) is 5.72. The van der Waals surface area contributed by atoms with Crippen LogP contribution < -0.4 is 5.73 Å². The number of nitrogens with two attached hydrogens (primary N) is 1. The summed E-state index contributed by atoms with van der Waals surface area (Å²) in [4.78, 5) is 14.0. The van der Waals surface area contributed by atoms with E-state index in [4.69, 9.17) is 17.3 Å². The van der Waals surface area contributed by atoms with Crippen LogP contribution in [-0.4, -0.2) is 23.9 Å². The van der Waals surface area contributed by atoms with Crippen molar-refractivity contribution in [3.8, 4) is 0 Å². The van der Waals surface area contributed by atoms with Gasteiger partial charge in [0, 0.05) is 24.7 Å². The molecule has 3 nitrogen and oxygen atoms in total. The summed E-state index contributed by atoms with van der Waals surface area (Å²) in [7, 11) is 1.82. The van der Waals surface area contributed by atoms with E-state index in [1.165, 1.54) is 0 Å². The third kappa shape index (κ3) is 2.85. The van der Waals surface area contributed by atoms with Gasteiger partial charge >= 0.3 is 0 Å². The summed E-state index contributed by atoms with van der Waals surface area (Å²) in [5.74, 6) is 0.123. The third-order valence-corrected chi connectivity index (χ3v) is 4.00. The first-order chi connectivity index (χ1) is 8.59. The summed E-state index contributed by atoms with van der Waals surface area (Å²) in [6.45, 7) is 0.543. The van der Waals surface area contributed by atoms with Crippen LogP contribution in [0.4, 0.5) is 0 Å². The van der Waals surface area contributed by atoms with E-state index in [2.05, 4.69) is 0 Å². The van der Waals surface area contributed by atoms with Crippen molar-refractivity contribution >= 4 is 17.5 Å². The highest BCUT2D eigenvalue weighted by Crippen LogP contribution is 2.26. The standard InChI is InChI=1S/C14H19ClN2O/c1-17(9-10-5-2-3-7-12(10)15)14(18)11-6-4-8-13(11)16/h2-3,5,7,11,13H,4,6,8-9,16H2,1H3.